The van der Waals surface area contributed by atoms with Crippen LogP contribution in [0.2, 0.25) is 0 Å². The largest absolute Gasteiger partial charge is 0.344 e. The van der Waals surface area contributed by atoms with Crippen molar-refractivity contribution in [3.05, 3.63) is 35.7 Å². The zero-order chi connectivity index (χ0) is 15.7. The molecule has 0 N–H and O–H groups in total. The fourth-order valence-electron chi connectivity index (χ4n) is 3.14. The quantitative estimate of drug-likeness (QED) is 0.858. The van der Waals surface area contributed by atoms with Crippen molar-refractivity contribution in [1.29, 1.82) is 0 Å². The predicted molar refractivity (Wildman–Crippen MR) is 83.4 cm³/mol. The second-order valence-corrected chi connectivity index (χ2v) is 6.25. The Labute approximate surface area is 130 Å². The first kappa shape index (κ1) is 14.8. The van der Waals surface area contributed by atoms with Crippen molar-refractivity contribution in [3.8, 4) is 0 Å². The van der Waals surface area contributed by atoms with Gasteiger partial charge in [-0.05, 0) is 32.3 Å². The van der Waals surface area contributed by atoms with Gasteiger partial charge in [0.05, 0.1) is 5.69 Å². The molecule has 118 valence electrons. The number of nitrogens with zero attached hydrogens (tertiary/aromatic N) is 5. The van der Waals surface area contributed by atoms with Crippen LogP contribution in [-0.2, 0) is 24.3 Å². The summed E-state index contributed by atoms with van der Waals surface area (Å²) in [6, 6.07) is 1.99. The molecule has 0 unspecified atom stereocenters. The van der Waals surface area contributed by atoms with Crippen LogP contribution in [0.15, 0.2) is 18.5 Å². The molecule has 3 rings (SSSR count). The lowest BCUT2D eigenvalue weighted by atomic mass is 9.97. The average Bonchev–Trinajstić information content (AvgIpc) is 3.05. The van der Waals surface area contributed by atoms with Crippen molar-refractivity contribution in [2.24, 2.45) is 5.92 Å². The first-order valence-corrected chi connectivity index (χ1v) is 7.78. The molecular weight excluding hydrogens is 278 g/mol. The molecule has 0 spiro atoms. The molecule has 0 saturated carbocycles. The summed E-state index contributed by atoms with van der Waals surface area (Å²) in [4.78, 5) is 18.6. The van der Waals surface area contributed by atoms with Gasteiger partial charge in [0.2, 0.25) is 5.91 Å². The van der Waals surface area contributed by atoms with Crippen LogP contribution in [0.4, 0.5) is 0 Å². The van der Waals surface area contributed by atoms with E-state index in [1.807, 2.05) is 44.3 Å². The molecule has 2 aromatic rings. The van der Waals surface area contributed by atoms with Gasteiger partial charge in [-0.1, -0.05) is 0 Å². The summed E-state index contributed by atoms with van der Waals surface area (Å²) in [6.45, 7) is 6.03. The van der Waals surface area contributed by atoms with Gasteiger partial charge >= 0.3 is 0 Å². The van der Waals surface area contributed by atoms with Gasteiger partial charge in [0, 0.05) is 44.6 Å². The minimum absolute atomic E-state index is 0.111. The predicted octanol–water partition coefficient (Wildman–Crippen LogP) is 1.42. The van der Waals surface area contributed by atoms with Gasteiger partial charge in [-0.15, -0.1) is 0 Å². The fourth-order valence-corrected chi connectivity index (χ4v) is 3.14. The number of fused-ring (bicyclic) bond motifs is 1. The SMILES string of the molecule is Cc1cc(C)n(CC(=O)N(C)C[C@H]2CCn3ccnc3C2)n1. The number of amides is 1. The normalized spacial score (nSPS) is 17.3. The summed E-state index contributed by atoms with van der Waals surface area (Å²) >= 11 is 0. The van der Waals surface area contributed by atoms with Crippen molar-refractivity contribution in [3.63, 3.8) is 0 Å². The lowest BCUT2D eigenvalue weighted by Crippen LogP contribution is -2.37. The van der Waals surface area contributed by atoms with E-state index in [1.165, 1.54) is 0 Å². The van der Waals surface area contributed by atoms with E-state index in [0.717, 1.165) is 43.1 Å². The smallest absolute Gasteiger partial charge is 0.244 e. The molecule has 2 aromatic heterocycles. The van der Waals surface area contributed by atoms with Gasteiger partial charge in [0.15, 0.2) is 0 Å². The van der Waals surface area contributed by atoms with Crippen LogP contribution >= 0.6 is 0 Å². The van der Waals surface area contributed by atoms with E-state index in [2.05, 4.69) is 14.6 Å². The maximum Gasteiger partial charge on any atom is 0.244 e. The van der Waals surface area contributed by atoms with Gasteiger partial charge in [-0.3, -0.25) is 9.48 Å². The third-order valence-corrected chi connectivity index (χ3v) is 4.40. The number of likely N-dealkylation sites (N-methyl/N-ethyl adjacent to an activating group) is 1. The summed E-state index contributed by atoms with van der Waals surface area (Å²) in [5.74, 6) is 1.74. The molecule has 1 amide bonds. The second kappa shape index (κ2) is 5.94. The highest BCUT2D eigenvalue weighted by atomic mass is 16.2. The summed E-state index contributed by atoms with van der Waals surface area (Å²) in [6.07, 6.45) is 5.93. The van der Waals surface area contributed by atoms with Gasteiger partial charge in [-0.25, -0.2) is 4.98 Å². The van der Waals surface area contributed by atoms with Gasteiger partial charge in [-0.2, -0.15) is 5.10 Å². The van der Waals surface area contributed by atoms with E-state index in [4.69, 9.17) is 0 Å². The zero-order valence-corrected chi connectivity index (χ0v) is 13.5. The number of carbonyl (C=O) groups excluding carboxylic acids is 1. The summed E-state index contributed by atoms with van der Waals surface area (Å²) in [7, 11) is 1.88. The molecule has 6 heteroatoms. The highest BCUT2D eigenvalue weighted by Crippen LogP contribution is 2.19. The molecule has 3 heterocycles. The van der Waals surface area contributed by atoms with Crippen LogP contribution in [0.3, 0.4) is 0 Å². The van der Waals surface area contributed by atoms with E-state index in [0.29, 0.717) is 12.5 Å². The Morgan fingerprint density at radius 2 is 2.27 bits per heavy atom. The van der Waals surface area contributed by atoms with Crippen molar-refractivity contribution >= 4 is 5.91 Å². The number of hydrogen-bond acceptors (Lipinski definition) is 3. The second-order valence-electron chi connectivity index (χ2n) is 6.25. The minimum atomic E-state index is 0.111. The summed E-state index contributed by atoms with van der Waals surface area (Å²) < 4.78 is 3.98. The molecular formula is C16H23N5O. The molecule has 0 aromatic carbocycles. The van der Waals surface area contributed by atoms with Crippen molar-refractivity contribution in [2.45, 2.75) is 39.8 Å². The van der Waals surface area contributed by atoms with Gasteiger partial charge < -0.3 is 9.47 Å². The topological polar surface area (TPSA) is 56.0 Å². The molecule has 6 nitrogen and oxygen atoms in total. The number of rotatable bonds is 4. The monoisotopic (exact) mass is 301 g/mol. The van der Waals surface area contributed by atoms with Crippen LogP contribution in [0.25, 0.3) is 0 Å². The van der Waals surface area contributed by atoms with Crippen LogP contribution in [0.1, 0.15) is 23.6 Å². The Hall–Kier alpha value is -2.11. The number of imidazole rings is 1. The first-order valence-electron chi connectivity index (χ1n) is 7.78. The Morgan fingerprint density at radius 3 is 3.00 bits per heavy atom. The van der Waals surface area contributed by atoms with Crippen LogP contribution in [0, 0.1) is 19.8 Å². The van der Waals surface area contributed by atoms with Crippen LogP contribution in [0.5, 0.6) is 0 Å². The number of aromatic nitrogens is 4. The molecule has 1 atom stereocenters. The van der Waals surface area contributed by atoms with Gasteiger partial charge in [0.1, 0.15) is 12.4 Å². The molecule has 0 radical (unpaired) electrons. The third kappa shape index (κ3) is 3.05. The molecule has 1 aliphatic heterocycles. The number of aryl methyl sites for hydroxylation is 3. The zero-order valence-electron chi connectivity index (χ0n) is 13.5. The molecule has 0 fully saturated rings. The number of carbonyl (C=O) groups is 1. The highest BCUT2D eigenvalue weighted by Gasteiger charge is 2.22. The lowest BCUT2D eigenvalue weighted by Gasteiger charge is -2.28. The van der Waals surface area contributed by atoms with Crippen molar-refractivity contribution < 1.29 is 4.79 Å². The fraction of sp³-hybridized carbons (Fsp3) is 0.562. The Bertz CT molecular complexity index is 672. The van der Waals surface area contributed by atoms with E-state index in [9.17, 15) is 4.79 Å². The summed E-state index contributed by atoms with van der Waals surface area (Å²) in [5, 5.41) is 4.36. The summed E-state index contributed by atoms with van der Waals surface area (Å²) in [5.41, 5.74) is 1.98. The third-order valence-electron chi connectivity index (χ3n) is 4.40. The Balaban J connectivity index is 1.57. The van der Waals surface area contributed by atoms with E-state index >= 15 is 0 Å². The molecule has 22 heavy (non-hydrogen) atoms. The van der Waals surface area contributed by atoms with Crippen LogP contribution in [-0.4, -0.2) is 43.7 Å². The molecule has 1 aliphatic rings. The maximum absolute atomic E-state index is 12.4. The Kier molecular flexibility index (Phi) is 4.00. The van der Waals surface area contributed by atoms with Crippen molar-refractivity contribution in [2.75, 3.05) is 13.6 Å². The van der Waals surface area contributed by atoms with Crippen molar-refractivity contribution in [1.82, 2.24) is 24.2 Å². The first-order chi connectivity index (χ1) is 10.5. The Morgan fingerprint density at radius 1 is 1.45 bits per heavy atom. The maximum atomic E-state index is 12.4. The highest BCUT2D eigenvalue weighted by molar-refractivity contribution is 5.75. The van der Waals surface area contributed by atoms with E-state index in [1.54, 1.807) is 4.68 Å². The lowest BCUT2D eigenvalue weighted by molar-refractivity contribution is -0.131. The molecule has 0 bridgehead atoms. The average molecular weight is 301 g/mol. The van der Waals surface area contributed by atoms with Crippen LogP contribution < -0.4 is 0 Å². The number of hydrogen-bond donors (Lipinski definition) is 0. The van der Waals surface area contributed by atoms with E-state index < -0.39 is 0 Å². The van der Waals surface area contributed by atoms with E-state index in [-0.39, 0.29) is 5.91 Å². The minimum Gasteiger partial charge on any atom is -0.344 e. The van der Waals surface area contributed by atoms with Gasteiger partial charge in [0.25, 0.3) is 0 Å². The standard InChI is InChI=1S/C16H23N5O/c1-12-8-13(2)21(18-12)11-16(22)19(3)10-14-4-6-20-7-5-17-15(20)9-14/h5,7-8,14H,4,6,9-11H2,1-3H3/t14-/m0/s1. The molecule has 0 aliphatic carbocycles. The molecule has 0 saturated heterocycles.